The summed E-state index contributed by atoms with van der Waals surface area (Å²) in [4.78, 5) is 24.8. The molecule has 1 aromatic rings. The fourth-order valence-corrected chi connectivity index (χ4v) is 1.94. The number of anilines is 1. The van der Waals surface area contributed by atoms with E-state index in [2.05, 4.69) is 5.32 Å². The van der Waals surface area contributed by atoms with Crippen LogP contribution in [0.15, 0.2) is 24.3 Å². The highest BCUT2D eigenvalue weighted by molar-refractivity contribution is 5.98. The minimum atomic E-state index is -4.30. The van der Waals surface area contributed by atoms with Gasteiger partial charge in [0.15, 0.2) is 0 Å². The molecule has 120 valence electrons. The second kappa shape index (κ2) is 6.37. The van der Waals surface area contributed by atoms with Gasteiger partial charge in [0.25, 0.3) is 5.91 Å². The monoisotopic (exact) mass is 314 g/mol. The van der Waals surface area contributed by atoms with Crippen molar-refractivity contribution in [3.63, 3.8) is 0 Å². The van der Waals surface area contributed by atoms with Gasteiger partial charge >= 0.3 is 6.18 Å². The molecule has 1 N–H and O–H groups in total. The summed E-state index contributed by atoms with van der Waals surface area (Å²) < 4.78 is 36.6. The first-order chi connectivity index (χ1) is 10.3. The van der Waals surface area contributed by atoms with E-state index in [1.165, 1.54) is 19.2 Å². The van der Waals surface area contributed by atoms with Crippen molar-refractivity contribution in [2.75, 3.05) is 18.9 Å². The Labute approximate surface area is 126 Å². The zero-order valence-electron chi connectivity index (χ0n) is 12.1. The maximum Gasteiger partial charge on any atom is 0.390 e. The summed E-state index contributed by atoms with van der Waals surface area (Å²) in [5.74, 6) is -0.560. The van der Waals surface area contributed by atoms with E-state index in [4.69, 9.17) is 0 Å². The van der Waals surface area contributed by atoms with E-state index < -0.39 is 25.0 Å². The highest BCUT2D eigenvalue weighted by Gasteiger charge is 2.30. The number of hydrogen-bond acceptors (Lipinski definition) is 2. The summed E-state index contributed by atoms with van der Waals surface area (Å²) in [6, 6.07) is 6.23. The second-order valence-electron chi connectivity index (χ2n) is 5.44. The molecule has 0 saturated heterocycles. The van der Waals surface area contributed by atoms with Crippen LogP contribution in [0, 0.1) is 5.92 Å². The molecule has 22 heavy (non-hydrogen) atoms. The first-order valence-electron chi connectivity index (χ1n) is 6.99. The van der Waals surface area contributed by atoms with Gasteiger partial charge in [-0.1, -0.05) is 6.07 Å². The molecular formula is C15H17F3N2O2. The molecule has 1 aliphatic rings. The van der Waals surface area contributed by atoms with Crippen LogP contribution in [0.4, 0.5) is 18.9 Å². The van der Waals surface area contributed by atoms with Crippen molar-refractivity contribution in [2.24, 2.45) is 5.92 Å². The third-order valence-electron chi connectivity index (χ3n) is 3.40. The number of carbonyl (C=O) groups is 2. The molecule has 0 bridgehead atoms. The molecule has 0 spiro atoms. The molecule has 0 atom stereocenters. The topological polar surface area (TPSA) is 49.4 Å². The van der Waals surface area contributed by atoms with Crippen LogP contribution >= 0.6 is 0 Å². The van der Waals surface area contributed by atoms with Gasteiger partial charge in [-0.3, -0.25) is 9.59 Å². The lowest BCUT2D eigenvalue weighted by atomic mass is 10.1. The standard InChI is InChI=1S/C15H17F3N2O2/c1-20(8-7-15(16,17)18)14(22)11-3-2-4-12(9-11)19-13(21)10-5-6-10/h2-4,9-10H,5-8H2,1H3,(H,19,21). The SMILES string of the molecule is CN(CCC(F)(F)F)C(=O)c1cccc(NC(=O)C2CC2)c1. The van der Waals surface area contributed by atoms with Gasteiger partial charge in [-0.2, -0.15) is 13.2 Å². The molecule has 7 heteroatoms. The predicted molar refractivity (Wildman–Crippen MR) is 75.4 cm³/mol. The summed E-state index contributed by atoms with van der Waals surface area (Å²) in [6.07, 6.45) is -3.61. The molecule has 1 fully saturated rings. The number of carbonyl (C=O) groups excluding carboxylic acids is 2. The van der Waals surface area contributed by atoms with E-state index in [0.717, 1.165) is 17.7 Å². The van der Waals surface area contributed by atoms with Crippen LogP contribution in [0.2, 0.25) is 0 Å². The average Bonchev–Trinajstić information content (AvgIpc) is 3.28. The number of nitrogens with one attached hydrogen (secondary N) is 1. The van der Waals surface area contributed by atoms with Crippen LogP contribution in [0.5, 0.6) is 0 Å². The molecule has 0 aromatic heterocycles. The minimum absolute atomic E-state index is 0.0359. The molecule has 0 radical (unpaired) electrons. The molecule has 0 unspecified atom stereocenters. The number of rotatable bonds is 5. The number of benzene rings is 1. The lowest BCUT2D eigenvalue weighted by Gasteiger charge is -2.18. The van der Waals surface area contributed by atoms with Gasteiger partial charge in [0, 0.05) is 30.8 Å². The van der Waals surface area contributed by atoms with Crippen LogP contribution < -0.4 is 5.32 Å². The van der Waals surface area contributed by atoms with Gasteiger partial charge in [0.1, 0.15) is 0 Å². The van der Waals surface area contributed by atoms with Gasteiger partial charge in [-0.25, -0.2) is 0 Å². The van der Waals surface area contributed by atoms with E-state index in [9.17, 15) is 22.8 Å². The fraction of sp³-hybridized carbons (Fsp3) is 0.467. The van der Waals surface area contributed by atoms with Crippen molar-refractivity contribution in [1.82, 2.24) is 4.90 Å². The van der Waals surface area contributed by atoms with Crippen LogP contribution in [0.1, 0.15) is 29.6 Å². The highest BCUT2D eigenvalue weighted by Crippen LogP contribution is 2.30. The zero-order valence-corrected chi connectivity index (χ0v) is 12.1. The van der Waals surface area contributed by atoms with Crippen LogP contribution in [0.3, 0.4) is 0 Å². The minimum Gasteiger partial charge on any atom is -0.341 e. The number of halogens is 3. The molecule has 1 saturated carbocycles. The average molecular weight is 314 g/mol. The summed E-state index contributed by atoms with van der Waals surface area (Å²) in [5, 5.41) is 2.70. The lowest BCUT2D eigenvalue weighted by molar-refractivity contribution is -0.136. The fourth-order valence-electron chi connectivity index (χ4n) is 1.94. The first-order valence-corrected chi connectivity index (χ1v) is 6.99. The molecule has 4 nitrogen and oxygen atoms in total. The quantitative estimate of drug-likeness (QED) is 0.908. The van der Waals surface area contributed by atoms with Crippen LogP contribution in [-0.2, 0) is 4.79 Å². The molecule has 0 aliphatic heterocycles. The summed E-state index contributed by atoms with van der Waals surface area (Å²) >= 11 is 0. The summed E-state index contributed by atoms with van der Waals surface area (Å²) in [5.41, 5.74) is 0.727. The number of nitrogens with zero attached hydrogens (tertiary/aromatic N) is 1. The van der Waals surface area contributed by atoms with E-state index in [-0.39, 0.29) is 17.4 Å². The molecule has 2 amide bonds. The summed E-state index contributed by atoms with van der Waals surface area (Å²) in [6.45, 7) is -0.402. The molecule has 0 heterocycles. The Morgan fingerprint density at radius 3 is 2.59 bits per heavy atom. The van der Waals surface area contributed by atoms with Gasteiger partial charge < -0.3 is 10.2 Å². The maximum atomic E-state index is 12.2. The van der Waals surface area contributed by atoms with E-state index in [1.807, 2.05) is 0 Å². The number of alkyl halides is 3. The number of hydrogen-bond donors (Lipinski definition) is 1. The lowest BCUT2D eigenvalue weighted by Crippen LogP contribution is -2.30. The van der Waals surface area contributed by atoms with Gasteiger partial charge in [-0.05, 0) is 31.0 Å². The Morgan fingerprint density at radius 2 is 2.00 bits per heavy atom. The summed E-state index contributed by atoms with van der Waals surface area (Å²) in [7, 11) is 1.32. The highest BCUT2D eigenvalue weighted by atomic mass is 19.4. The molecule has 1 aliphatic carbocycles. The third kappa shape index (κ3) is 4.75. The van der Waals surface area contributed by atoms with Gasteiger partial charge in [0.05, 0.1) is 6.42 Å². The van der Waals surface area contributed by atoms with Crippen LogP contribution in [0.25, 0.3) is 0 Å². The van der Waals surface area contributed by atoms with E-state index in [0.29, 0.717) is 5.69 Å². The van der Waals surface area contributed by atoms with Crippen molar-refractivity contribution in [3.05, 3.63) is 29.8 Å². The third-order valence-corrected chi connectivity index (χ3v) is 3.40. The Kier molecular flexibility index (Phi) is 4.73. The Hall–Kier alpha value is -2.05. The van der Waals surface area contributed by atoms with Gasteiger partial charge in [0.2, 0.25) is 5.91 Å². The molecule has 1 aromatic carbocycles. The van der Waals surface area contributed by atoms with Crippen molar-refractivity contribution in [2.45, 2.75) is 25.4 Å². The van der Waals surface area contributed by atoms with Crippen molar-refractivity contribution in [1.29, 1.82) is 0 Å². The Morgan fingerprint density at radius 1 is 1.32 bits per heavy atom. The smallest absolute Gasteiger partial charge is 0.341 e. The first kappa shape index (κ1) is 16.3. The largest absolute Gasteiger partial charge is 0.390 e. The Bertz CT molecular complexity index is 568. The van der Waals surface area contributed by atoms with E-state index in [1.54, 1.807) is 12.1 Å². The number of amides is 2. The van der Waals surface area contributed by atoms with Crippen molar-refractivity contribution < 1.29 is 22.8 Å². The predicted octanol–water partition coefficient (Wildman–Crippen LogP) is 3.06. The Balaban J connectivity index is 1.98. The molecule has 2 rings (SSSR count). The normalized spacial score (nSPS) is 14.5. The maximum absolute atomic E-state index is 12.2. The van der Waals surface area contributed by atoms with Crippen LogP contribution in [-0.4, -0.2) is 36.5 Å². The zero-order chi connectivity index (χ0) is 16.3. The van der Waals surface area contributed by atoms with Crippen molar-refractivity contribution in [3.8, 4) is 0 Å². The van der Waals surface area contributed by atoms with Crippen molar-refractivity contribution >= 4 is 17.5 Å². The second-order valence-corrected chi connectivity index (χ2v) is 5.44. The van der Waals surface area contributed by atoms with E-state index >= 15 is 0 Å². The van der Waals surface area contributed by atoms with Gasteiger partial charge in [-0.15, -0.1) is 0 Å². The molecular weight excluding hydrogens is 297 g/mol.